The van der Waals surface area contributed by atoms with Crippen molar-refractivity contribution in [1.82, 2.24) is 14.8 Å². The molecule has 3 heterocycles. The number of aromatic nitrogens is 3. The number of aryl methyl sites for hydroxylation is 2. The second-order valence-corrected chi connectivity index (χ2v) is 9.40. The van der Waals surface area contributed by atoms with Crippen LogP contribution in [0.3, 0.4) is 0 Å². The summed E-state index contributed by atoms with van der Waals surface area (Å²) in [6.45, 7) is 9.02. The van der Waals surface area contributed by atoms with Crippen LogP contribution in [0.15, 0.2) is 16.9 Å². The lowest BCUT2D eigenvalue weighted by Crippen LogP contribution is -2.49. The maximum atomic E-state index is 12.1. The Morgan fingerprint density at radius 1 is 1.20 bits per heavy atom. The minimum Gasteiger partial charge on any atom is -0.347 e. The zero-order valence-electron chi connectivity index (χ0n) is 15.3. The molecule has 0 amide bonds. The van der Waals surface area contributed by atoms with Gasteiger partial charge in [0.2, 0.25) is 0 Å². The zero-order valence-corrected chi connectivity index (χ0v) is 16.1. The number of hydrogen-bond donors (Lipinski definition) is 0. The van der Waals surface area contributed by atoms with Crippen LogP contribution in [0, 0.1) is 5.92 Å². The Morgan fingerprint density at radius 2 is 1.96 bits per heavy atom. The van der Waals surface area contributed by atoms with Gasteiger partial charge < -0.3 is 4.90 Å². The highest BCUT2D eigenvalue weighted by atomic mass is 32.1. The normalized spacial score (nSPS) is 18.1. The molecule has 2 aliphatic rings. The summed E-state index contributed by atoms with van der Waals surface area (Å²) in [5.74, 6) is 0.473. The largest absolute Gasteiger partial charge is 0.347 e. The molecule has 0 unspecified atom stereocenters. The molecule has 0 saturated carbocycles. The van der Waals surface area contributed by atoms with Crippen LogP contribution in [-0.2, 0) is 24.8 Å². The first kappa shape index (κ1) is 16.8. The fourth-order valence-electron chi connectivity index (χ4n) is 3.54. The second-order valence-electron chi connectivity index (χ2n) is 8.33. The monoisotopic (exact) mass is 358 g/mol. The number of nitrogens with zero attached hydrogens (tertiary/aromatic N) is 4. The number of hydrogen-bond acceptors (Lipinski definition) is 5. The van der Waals surface area contributed by atoms with Crippen molar-refractivity contribution in [2.45, 2.75) is 58.4 Å². The summed E-state index contributed by atoms with van der Waals surface area (Å²) in [6.07, 6.45) is 4.92. The molecule has 0 atom stereocenters. The number of anilines is 1. The Balaban J connectivity index is 1.42. The van der Waals surface area contributed by atoms with Gasteiger partial charge in [-0.15, -0.1) is 11.3 Å². The van der Waals surface area contributed by atoms with E-state index in [2.05, 4.69) is 30.8 Å². The van der Waals surface area contributed by atoms with Crippen LogP contribution in [0.25, 0.3) is 0 Å². The van der Waals surface area contributed by atoms with Gasteiger partial charge in [-0.3, -0.25) is 4.79 Å². The fraction of sp³-hybridized carbons (Fsp3) is 0.632. The Hall–Kier alpha value is -1.69. The first-order chi connectivity index (χ1) is 11.9. The highest BCUT2D eigenvalue weighted by Crippen LogP contribution is 2.35. The second kappa shape index (κ2) is 6.24. The van der Waals surface area contributed by atoms with Crippen molar-refractivity contribution in [1.29, 1.82) is 0 Å². The molecule has 1 fully saturated rings. The van der Waals surface area contributed by atoms with Gasteiger partial charge in [-0.05, 0) is 31.7 Å². The van der Waals surface area contributed by atoms with Gasteiger partial charge in [0, 0.05) is 35.4 Å². The minimum atomic E-state index is -0.0406. The predicted octanol–water partition coefficient (Wildman–Crippen LogP) is 3.01. The van der Waals surface area contributed by atoms with Crippen LogP contribution >= 0.6 is 11.3 Å². The summed E-state index contributed by atoms with van der Waals surface area (Å²) >= 11 is 1.87. The molecule has 0 N–H and O–H groups in total. The van der Waals surface area contributed by atoms with E-state index in [-0.39, 0.29) is 11.0 Å². The van der Waals surface area contributed by atoms with Gasteiger partial charge in [-0.1, -0.05) is 20.8 Å². The molecular weight excluding hydrogens is 332 g/mol. The minimum absolute atomic E-state index is 0.00355. The Labute approximate surface area is 152 Å². The van der Waals surface area contributed by atoms with E-state index in [4.69, 9.17) is 4.98 Å². The van der Waals surface area contributed by atoms with Gasteiger partial charge in [-0.25, -0.2) is 9.67 Å². The highest BCUT2D eigenvalue weighted by Gasteiger charge is 2.31. The zero-order chi connectivity index (χ0) is 17.6. The van der Waals surface area contributed by atoms with Gasteiger partial charge in [0.25, 0.3) is 5.56 Å². The summed E-state index contributed by atoms with van der Waals surface area (Å²) in [4.78, 5) is 20.8. The third kappa shape index (κ3) is 3.36. The average Bonchev–Trinajstić information content (AvgIpc) is 2.94. The van der Waals surface area contributed by atoms with Gasteiger partial charge >= 0.3 is 0 Å². The first-order valence-corrected chi connectivity index (χ1v) is 10.0. The van der Waals surface area contributed by atoms with E-state index in [1.165, 1.54) is 35.0 Å². The summed E-state index contributed by atoms with van der Waals surface area (Å²) in [6, 6.07) is 3.50. The Bertz CT molecular complexity index is 803. The third-order valence-corrected chi connectivity index (χ3v) is 6.35. The Kier molecular flexibility index (Phi) is 4.18. The molecule has 0 aromatic carbocycles. The average molecular weight is 359 g/mol. The van der Waals surface area contributed by atoms with Crippen molar-refractivity contribution in [3.63, 3.8) is 0 Å². The van der Waals surface area contributed by atoms with Gasteiger partial charge in [0.15, 0.2) is 5.13 Å². The number of thiazole rings is 1. The van der Waals surface area contributed by atoms with E-state index >= 15 is 0 Å². The molecule has 4 rings (SSSR count). The molecule has 134 valence electrons. The molecule has 1 aliphatic heterocycles. The van der Waals surface area contributed by atoms with Crippen LogP contribution in [0.1, 0.15) is 49.9 Å². The SMILES string of the molecule is CC(C)(C)c1ccc(=O)n(CC2CN(c3nc4c(s3)CCCC4)C2)n1. The summed E-state index contributed by atoms with van der Waals surface area (Å²) < 4.78 is 1.65. The van der Waals surface area contributed by atoms with E-state index in [1.807, 2.05) is 17.4 Å². The van der Waals surface area contributed by atoms with Crippen LogP contribution in [0.5, 0.6) is 0 Å². The summed E-state index contributed by atoms with van der Waals surface area (Å²) in [7, 11) is 0. The summed E-state index contributed by atoms with van der Waals surface area (Å²) in [5.41, 5.74) is 2.25. The topological polar surface area (TPSA) is 51.0 Å². The maximum absolute atomic E-state index is 12.1. The van der Waals surface area contributed by atoms with E-state index in [0.29, 0.717) is 12.5 Å². The van der Waals surface area contributed by atoms with Crippen molar-refractivity contribution in [3.05, 3.63) is 38.8 Å². The van der Waals surface area contributed by atoms with Crippen LogP contribution in [0.4, 0.5) is 5.13 Å². The van der Waals surface area contributed by atoms with Crippen molar-refractivity contribution < 1.29 is 0 Å². The van der Waals surface area contributed by atoms with E-state index in [9.17, 15) is 4.79 Å². The number of rotatable bonds is 3. The van der Waals surface area contributed by atoms with E-state index in [0.717, 1.165) is 25.2 Å². The standard InChI is InChI=1S/C19H26N4OS/c1-19(2,3)16-8-9-17(24)23(21-16)12-13-10-22(11-13)18-20-14-6-4-5-7-15(14)25-18/h8-9,13H,4-7,10-12H2,1-3H3. The maximum Gasteiger partial charge on any atom is 0.266 e. The lowest BCUT2D eigenvalue weighted by atomic mass is 9.92. The highest BCUT2D eigenvalue weighted by molar-refractivity contribution is 7.15. The molecule has 1 aliphatic carbocycles. The van der Waals surface area contributed by atoms with Crippen LogP contribution in [0.2, 0.25) is 0 Å². The molecule has 0 bridgehead atoms. The molecule has 6 heteroatoms. The van der Waals surface area contributed by atoms with Gasteiger partial charge in [0.05, 0.1) is 17.9 Å². The van der Waals surface area contributed by atoms with Crippen molar-refractivity contribution in [2.75, 3.05) is 18.0 Å². The molecule has 0 spiro atoms. The quantitative estimate of drug-likeness (QED) is 0.846. The van der Waals surface area contributed by atoms with Crippen molar-refractivity contribution in [3.8, 4) is 0 Å². The molecule has 1 saturated heterocycles. The lowest BCUT2D eigenvalue weighted by Gasteiger charge is -2.39. The molecule has 5 nitrogen and oxygen atoms in total. The predicted molar refractivity (Wildman–Crippen MR) is 102 cm³/mol. The molecule has 2 aromatic rings. The third-order valence-electron chi connectivity index (χ3n) is 5.13. The molecule has 0 radical (unpaired) electrons. The van der Waals surface area contributed by atoms with Crippen molar-refractivity contribution in [2.24, 2.45) is 5.92 Å². The molecular formula is C19H26N4OS. The Morgan fingerprint density at radius 3 is 2.68 bits per heavy atom. The van der Waals surface area contributed by atoms with E-state index < -0.39 is 0 Å². The van der Waals surface area contributed by atoms with Crippen LogP contribution < -0.4 is 10.5 Å². The summed E-state index contributed by atoms with van der Waals surface area (Å²) in [5, 5.41) is 5.76. The first-order valence-electron chi connectivity index (χ1n) is 9.22. The number of fused-ring (bicyclic) bond motifs is 1. The smallest absolute Gasteiger partial charge is 0.266 e. The van der Waals surface area contributed by atoms with Gasteiger partial charge in [-0.2, -0.15) is 5.10 Å². The van der Waals surface area contributed by atoms with Gasteiger partial charge in [0.1, 0.15) is 0 Å². The van der Waals surface area contributed by atoms with Crippen molar-refractivity contribution >= 4 is 16.5 Å². The molecule has 2 aromatic heterocycles. The fourth-order valence-corrected chi connectivity index (χ4v) is 4.71. The van der Waals surface area contributed by atoms with E-state index in [1.54, 1.807) is 10.7 Å². The molecule has 25 heavy (non-hydrogen) atoms. The van der Waals surface area contributed by atoms with Crippen LogP contribution in [-0.4, -0.2) is 27.9 Å². The lowest BCUT2D eigenvalue weighted by molar-refractivity contribution is 0.329.